The first kappa shape index (κ1) is 19.2. The van der Waals surface area contributed by atoms with Gasteiger partial charge in [-0.2, -0.15) is 0 Å². The Kier molecular flexibility index (Phi) is 4.87. The molecule has 2 aromatic rings. The molecule has 2 heterocycles. The number of thioether (sulfide) groups is 1. The lowest BCUT2D eigenvalue weighted by Crippen LogP contribution is -2.24. The van der Waals surface area contributed by atoms with Gasteiger partial charge in [-0.25, -0.2) is 0 Å². The number of imide groups is 1. The average Bonchev–Trinajstić information content (AvgIpc) is 2.96. The van der Waals surface area contributed by atoms with Crippen LogP contribution in [0, 0.1) is 10.1 Å². The highest BCUT2D eigenvalue weighted by atomic mass is 32.2. The quantitative estimate of drug-likeness (QED) is 0.446. The van der Waals surface area contributed by atoms with E-state index in [0.29, 0.717) is 10.1 Å². The van der Waals surface area contributed by atoms with Crippen LogP contribution in [-0.4, -0.2) is 26.6 Å². The summed E-state index contributed by atoms with van der Waals surface area (Å²) in [4.78, 5) is 48.1. The number of rotatable bonds is 4. The second kappa shape index (κ2) is 7.36. The minimum atomic E-state index is -0.696. The van der Waals surface area contributed by atoms with Gasteiger partial charge in [-0.3, -0.25) is 34.4 Å². The van der Waals surface area contributed by atoms with Crippen molar-refractivity contribution in [2.24, 2.45) is 0 Å². The number of non-ortho nitro benzene ring substituents is 1. The smallest absolute Gasteiger partial charge is 0.272 e. The minimum absolute atomic E-state index is 0.0871. The third-order valence-electron chi connectivity index (χ3n) is 5.15. The van der Waals surface area contributed by atoms with E-state index >= 15 is 0 Å². The Morgan fingerprint density at radius 3 is 2.48 bits per heavy atom. The van der Waals surface area contributed by atoms with Crippen LogP contribution in [0.3, 0.4) is 0 Å². The number of anilines is 1. The Labute approximate surface area is 169 Å². The van der Waals surface area contributed by atoms with Crippen LogP contribution in [0.25, 0.3) is 5.69 Å². The molecular formula is C19H18N4O5S. The molecule has 1 saturated carbocycles. The number of nitro benzene ring substituents is 1. The SMILES string of the molecule is Nc1c2c(cc(=O)n1-c1cc(SC3CCCCC3)cc([N+](=O)[O-])c1)C(=O)NC2=O. The number of hydrogen-bond acceptors (Lipinski definition) is 7. The Morgan fingerprint density at radius 2 is 1.79 bits per heavy atom. The largest absolute Gasteiger partial charge is 0.384 e. The number of carbonyl (C=O) groups excluding carboxylic acids is 2. The highest BCUT2D eigenvalue weighted by Crippen LogP contribution is 2.36. The van der Waals surface area contributed by atoms with Crippen LogP contribution in [-0.2, 0) is 0 Å². The summed E-state index contributed by atoms with van der Waals surface area (Å²) in [7, 11) is 0. The summed E-state index contributed by atoms with van der Waals surface area (Å²) in [5, 5.41) is 13.9. The molecular weight excluding hydrogens is 396 g/mol. The Hall–Kier alpha value is -3.14. The number of aromatic nitrogens is 1. The normalized spacial score (nSPS) is 16.6. The van der Waals surface area contributed by atoms with Crippen molar-refractivity contribution in [2.75, 3.05) is 5.73 Å². The summed E-state index contributed by atoms with van der Waals surface area (Å²) in [6.07, 6.45) is 5.51. The van der Waals surface area contributed by atoms with E-state index in [1.165, 1.54) is 18.6 Å². The van der Waals surface area contributed by atoms with Gasteiger partial charge in [0.15, 0.2) is 0 Å². The van der Waals surface area contributed by atoms with Crippen LogP contribution in [0.5, 0.6) is 0 Å². The van der Waals surface area contributed by atoms with Crippen molar-refractivity contribution in [1.82, 2.24) is 9.88 Å². The number of nitrogens with two attached hydrogens (primary N) is 1. The van der Waals surface area contributed by atoms with Gasteiger partial charge in [0.1, 0.15) is 5.82 Å². The van der Waals surface area contributed by atoms with Gasteiger partial charge in [0, 0.05) is 28.3 Å². The number of nitrogens with one attached hydrogen (secondary N) is 1. The van der Waals surface area contributed by atoms with Crippen molar-refractivity contribution in [3.8, 4) is 5.69 Å². The van der Waals surface area contributed by atoms with Crippen molar-refractivity contribution in [3.63, 3.8) is 0 Å². The fourth-order valence-electron chi connectivity index (χ4n) is 3.79. The van der Waals surface area contributed by atoms with Gasteiger partial charge >= 0.3 is 0 Å². The van der Waals surface area contributed by atoms with Gasteiger partial charge in [-0.15, -0.1) is 11.8 Å². The van der Waals surface area contributed by atoms with Gasteiger partial charge in [0.25, 0.3) is 23.1 Å². The number of benzene rings is 1. The lowest BCUT2D eigenvalue weighted by Gasteiger charge is -2.21. The molecule has 29 heavy (non-hydrogen) atoms. The maximum atomic E-state index is 12.6. The summed E-state index contributed by atoms with van der Waals surface area (Å²) in [6.45, 7) is 0. The predicted octanol–water partition coefficient (Wildman–Crippen LogP) is 2.64. The molecule has 2 aliphatic rings. The molecule has 4 rings (SSSR count). The van der Waals surface area contributed by atoms with Gasteiger partial charge < -0.3 is 5.73 Å². The van der Waals surface area contributed by atoms with Crippen molar-refractivity contribution in [2.45, 2.75) is 42.2 Å². The molecule has 10 heteroatoms. The van der Waals surface area contributed by atoms with Gasteiger partial charge in [-0.1, -0.05) is 19.3 Å². The van der Waals surface area contributed by atoms with E-state index in [1.54, 1.807) is 17.8 Å². The molecule has 150 valence electrons. The fourth-order valence-corrected chi connectivity index (χ4v) is 5.12. The molecule has 0 saturated heterocycles. The molecule has 0 bridgehead atoms. The van der Waals surface area contributed by atoms with E-state index in [4.69, 9.17) is 5.73 Å². The van der Waals surface area contributed by atoms with Crippen LogP contribution in [0.2, 0.25) is 0 Å². The Balaban J connectivity index is 1.83. The van der Waals surface area contributed by atoms with E-state index in [2.05, 4.69) is 5.32 Å². The molecule has 1 aliphatic carbocycles. The molecule has 0 atom stereocenters. The third-order valence-corrected chi connectivity index (χ3v) is 6.47. The van der Waals surface area contributed by atoms with E-state index in [0.717, 1.165) is 36.3 Å². The molecule has 0 radical (unpaired) electrons. The maximum Gasteiger partial charge on any atom is 0.272 e. The first-order chi connectivity index (χ1) is 13.8. The molecule has 1 aromatic heterocycles. The molecule has 9 nitrogen and oxygen atoms in total. The number of nitrogen functional groups attached to an aromatic ring is 1. The summed E-state index contributed by atoms with van der Waals surface area (Å²) < 4.78 is 1.04. The monoisotopic (exact) mass is 414 g/mol. The van der Waals surface area contributed by atoms with Crippen molar-refractivity contribution in [1.29, 1.82) is 0 Å². The standard InChI is InChI=1S/C19H18N4O5S/c20-17-16-14(18(25)21-19(16)26)9-15(24)22(17)10-6-11(23(27)28)8-13(7-10)29-12-4-2-1-3-5-12/h6-9,12H,1-5,20H2,(H,21,25,26). The summed E-state index contributed by atoms with van der Waals surface area (Å²) >= 11 is 1.55. The number of pyridine rings is 1. The fraction of sp³-hybridized carbons (Fsp3) is 0.316. The third kappa shape index (κ3) is 3.51. The Bertz CT molecular complexity index is 1100. The molecule has 0 spiro atoms. The average molecular weight is 414 g/mol. The molecule has 3 N–H and O–H groups in total. The second-order valence-corrected chi connectivity index (χ2v) is 8.47. The van der Waals surface area contributed by atoms with E-state index in [1.807, 2.05) is 0 Å². The van der Waals surface area contributed by atoms with Gasteiger partial charge in [0.2, 0.25) is 0 Å². The molecule has 1 aromatic carbocycles. The van der Waals surface area contributed by atoms with Crippen LogP contribution in [0.1, 0.15) is 52.8 Å². The molecule has 1 fully saturated rings. The zero-order chi connectivity index (χ0) is 20.7. The number of nitrogens with zero attached hydrogens (tertiary/aromatic N) is 2. The lowest BCUT2D eigenvalue weighted by molar-refractivity contribution is -0.385. The first-order valence-corrected chi connectivity index (χ1v) is 10.1. The van der Waals surface area contributed by atoms with Gasteiger partial charge in [0.05, 0.1) is 21.7 Å². The number of hydrogen-bond donors (Lipinski definition) is 2. The van der Waals surface area contributed by atoms with Crippen LogP contribution in [0.15, 0.2) is 34.0 Å². The van der Waals surface area contributed by atoms with Crippen molar-refractivity contribution in [3.05, 3.63) is 55.9 Å². The van der Waals surface area contributed by atoms with Gasteiger partial charge in [-0.05, 0) is 18.9 Å². The number of carbonyl (C=O) groups is 2. The molecule has 1 aliphatic heterocycles. The summed E-state index contributed by atoms with van der Waals surface area (Å²) in [5.74, 6) is -1.60. The predicted molar refractivity (Wildman–Crippen MR) is 108 cm³/mol. The first-order valence-electron chi connectivity index (χ1n) is 9.23. The van der Waals surface area contributed by atoms with E-state index < -0.39 is 22.3 Å². The second-order valence-electron chi connectivity index (χ2n) is 7.10. The Morgan fingerprint density at radius 1 is 1.07 bits per heavy atom. The molecule has 2 amide bonds. The summed E-state index contributed by atoms with van der Waals surface area (Å²) in [5.41, 5.74) is 5.25. The number of fused-ring (bicyclic) bond motifs is 1. The van der Waals surface area contributed by atoms with E-state index in [-0.39, 0.29) is 28.3 Å². The number of nitro groups is 1. The highest BCUT2D eigenvalue weighted by molar-refractivity contribution is 8.00. The van der Waals surface area contributed by atoms with Crippen LogP contribution >= 0.6 is 11.8 Å². The maximum absolute atomic E-state index is 12.6. The molecule has 0 unspecified atom stereocenters. The zero-order valence-electron chi connectivity index (χ0n) is 15.3. The summed E-state index contributed by atoms with van der Waals surface area (Å²) in [6, 6.07) is 5.40. The highest BCUT2D eigenvalue weighted by Gasteiger charge is 2.32. The van der Waals surface area contributed by atoms with Crippen molar-refractivity contribution >= 4 is 35.1 Å². The van der Waals surface area contributed by atoms with Crippen LogP contribution < -0.4 is 16.6 Å². The van der Waals surface area contributed by atoms with Crippen LogP contribution in [0.4, 0.5) is 11.5 Å². The van der Waals surface area contributed by atoms with E-state index in [9.17, 15) is 24.5 Å². The van der Waals surface area contributed by atoms with Crippen molar-refractivity contribution < 1.29 is 14.5 Å². The lowest BCUT2D eigenvalue weighted by atomic mass is 10.0. The number of amides is 2. The zero-order valence-corrected chi connectivity index (χ0v) is 16.2. The topological polar surface area (TPSA) is 137 Å². The minimum Gasteiger partial charge on any atom is -0.384 e.